The summed E-state index contributed by atoms with van der Waals surface area (Å²) in [5, 5.41) is 7.68. The zero-order chi connectivity index (χ0) is 12.2. The second-order valence-electron chi connectivity index (χ2n) is 3.35. The molecule has 0 amide bonds. The fourth-order valence-corrected chi connectivity index (χ4v) is 2.44. The van der Waals surface area contributed by atoms with E-state index in [-0.39, 0.29) is 5.75 Å². The van der Waals surface area contributed by atoms with Crippen molar-refractivity contribution < 1.29 is 18.3 Å². The second kappa shape index (κ2) is 5.23. The van der Waals surface area contributed by atoms with E-state index in [1.807, 2.05) is 0 Å². The van der Waals surface area contributed by atoms with Crippen LogP contribution in [-0.4, -0.2) is 36.9 Å². The smallest absolute Gasteiger partial charge is 0.183 e. The molecule has 5 heteroatoms. The summed E-state index contributed by atoms with van der Waals surface area (Å²) in [6.45, 7) is 0.778. The van der Waals surface area contributed by atoms with Crippen LogP contribution in [0.1, 0.15) is 17.3 Å². The fourth-order valence-electron chi connectivity index (χ4n) is 1.35. The van der Waals surface area contributed by atoms with Gasteiger partial charge in [-0.15, -0.1) is 0 Å². The van der Waals surface area contributed by atoms with Crippen molar-refractivity contribution in [1.82, 2.24) is 0 Å². The van der Waals surface area contributed by atoms with Crippen LogP contribution >= 0.6 is 0 Å². The van der Waals surface area contributed by atoms with E-state index >= 15 is 0 Å². The van der Waals surface area contributed by atoms with E-state index in [1.54, 1.807) is 18.2 Å². The number of aliphatic hydroxyl groups is 1. The van der Waals surface area contributed by atoms with Gasteiger partial charge in [0.1, 0.15) is 5.25 Å². The van der Waals surface area contributed by atoms with Crippen molar-refractivity contribution in [1.29, 1.82) is 0 Å². The summed E-state index contributed by atoms with van der Waals surface area (Å²) >= 11 is 0. The molecular formula is C11H14O4S. The lowest BCUT2D eigenvalue weighted by atomic mass is 10.1. The minimum atomic E-state index is -3.56. The van der Waals surface area contributed by atoms with E-state index in [0.29, 0.717) is 5.56 Å². The Morgan fingerprint density at radius 2 is 1.88 bits per heavy atom. The predicted molar refractivity (Wildman–Crippen MR) is 61.1 cm³/mol. The van der Waals surface area contributed by atoms with Crippen molar-refractivity contribution >= 4 is 15.6 Å². The number of sulfone groups is 1. The van der Waals surface area contributed by atoms with Gasteiger partial charge in [0.2, 0.25) is 0 Å². The van der Waals surface area contributed by atoms with Crippen molar-refractivity contribution in [3.8, 4) is 0 Å². The Hall–Kier alpha value is -1.20. The molecule has 0 radical (unpaired) electrons. The third-order valence-corrected chi connectivity index (χ3v) is 4.39. The lowest BCUT2D eigenvalue weighted by Gasteiger charge is -2.12. The van der Waals surface area contributed by atoms with Gasteiger partial charge in [-0.1, -0.05) is 37.3 Å². The van der Waals surface area contributed by atoms with Gasteiger partial charge in [-0.05, 0) is 0 Å². The van der Waals surface area contributed by atoms with Crippen LogP contribution in [0.2, 0.25) is 0 Å². The molecule has 1 atom stereocenters. The van der Waals surface area contributed by atoms with E-state index in [4.69, 9.17) is 5.11 Å². The monoisotopic (exact) mass is 242 g/mol. The SMILES string of the molecule is CCS(=O)(=O)[C@H](CO)C(=O)c1ccccc1. The highest BCUT2D eigenvalue weighted by atomic mass is 32.2. The first-order chi connectivity index (χ1) is 7.53. The molecule has 16 heavy (non-hydrogen) atoms. The quantitative estimate of drug-likeness (QED) is 0.770. The fraction of sp³-hybridized carbons (Fsp3) is 0.364. The Morgan fingerprint density at radius 3 is 2.31 bits per heavy atom. The highest BCUT2D eigenvalue weighted by molar-refractivity contribution is 7.92. The standard InChI is InChI=1S/C11H14O4S/c1-2-16(14,15)10(8-12)11(13)9-6-4-3-5-7-9/h3-7,10,12H,2,8H2,1H3/t10-/m1/s1. The number of hydrogen-bond donors (Lipinski definition) is 1. The third kappa shape index (κ3) is 2.68. The van der Waals surface area contributed by atoms with Gasteiger partial charge in [0.15, 0.2) is 15.6 Å². The largest absolute Gasteiger partial charge is 0.395 e. The zero-order valence-electron chi connectivity index (χ0n) is 8.96. The van der Waals surface area contributed by atoms with Gasteiger partial charge in [-0.2, -0.15) is 0 Å². The van der Waals surface area contributed by atoms with E-state index in [9.17, 15) is 13.2 Å². The number of benzene rings is 1. The van der Waals surface area contributed by atoms with Crippen molar-refractivity contribution in [3.05, 3.63) is 35.9 Å². The van der Waals surface area contributed by atoms with Crippen LogP contribution in [0.25, 0.3) is 0 Å². The van der Waals surface area contributed by atoms with Crippen LogP contribution in [0.4, 0.5) is 0 Å². The normalized spacial score (nSPS) is 13.4. The highest BCUT2D eigenvalue weighted by Gasteiger charge is 2.30. The first-order valence-corrected chi connectivity index (χ1v) is 6.66. The lowest BCUT2D eigenvalue weighted by molar-refractivity contribution is 0.0961. The molecule has 1 N–H and O–H groups in total. The predicted octanol–water partition coefficient (Wildman–Crippen LogP) is 0.665. The molecule has 1 aromatic carbocycles. The van der Waals surface area contributed by atoms with Gasteiger partial charge in [-0.25, -0.2) is 8.42 Å². The van der Waals surface area contributed by atoms with E-state index in [1.165, 1.54) is 19.1 Å². The van der Waals surface area contributed by atoms with E-state index in [2.05, 4.69) is 0 Å². The van der Waals surface area contributed by atoms with Gasteiger partial charge >= 0.3 is 0 Å². The first-order valence-electron chi connectivity index (χ1n) is 4.94. The minimum Gasteiger partial charge on any atom is -0.395 e. The van der Waals surface area contributed by atoms with Gasteiger partial charge < -0.3 is 5.11 Å². The number of aliphatic hydroxyl groups excluding tert-OH is 1. The number of carbonyl (C=O) groups excluding carboxylic acids is 1. The molecule has 0 heterocycles. The summed E-state index contributed by atoms with van der Waals surface area (Å²) in [7, 11) is -3.56. The second-order valence-corrected chi connectivity index (χ2v) is 5.83. The van der Waals surface area contributed by atoms with Crippen molar-refractivity contribution in [2.45, 2.75) is 12.2 Å². The molecule has 0 aromatic heterocycles. The third-order valence-electron chi connectivity index (χ3n) is 2.35. The van der Waals surface area contributed by atoms with Gasteiger partial charge in [0.25, 0.3) is 0 Å². The van der Waals surface area contributed by atoms with E-state index < -0.39 is 27.5 Å². The summed E-state index contributed by atoms with van der Waals surface area (Å²) < 4.78 is 23.1. The van der Waals surface area contributed by atoms with Gasteiger partial charge in [-0.3, -0.25) is 4.79 Å². The number of hydrogen-bond acceptors (Lipinski definition) is 4. The molecule has 0 fully saturated rings. The summed E-state index contributed by atoms with van der Waals surface area (Å²) in [6.07, 6.45) is 0. The van der Waals surface area contributed by atoms with Crippen LogP contribution in [-0.2, 0) is 9.84 Å². The number of rotatable bonds is 5. The van der Waals surface area contributed by atoms with Gasteiger partial charge in [0, 0.05) is 11.3 Å². The number of carbonyl (C=O) groups is 1. The Labute approximate surface area is 94.8 Å². The average Bonchev–Trinajstić information content (AvgIpc) is 2.30. The number of ketones is 1. The van der Waals surface area contributed by atoms with Crippen LogP contribution in [0.3, 0.4) is 0 Å². The Bertz CT molecular complexity index is 450. The molecule has 0 saturated heterocycles. The van der Waals surface area contributed by atoms with Crippen LogP contribution < -0.4 is 0 Å². The van der Waals surface area contributed by atoms with Crippen LogP contribution in [0.5, 0.6) is 0 Å². The molecule has 0 aliphatic heterocycles. The maximum atomic E-state index is 11.8. The summed E-state index contributed by atoms with van der Waals surface area (Å²) in [5.41, 5.74) is 0.304. The molecule has 4 nitrogen and oxygen atoms in total. The molecule has 0 aliphatic carbocycles. The first kappa shape index (κ1) is 12.9. The summed E-state index contributed by atoms with van der Waals surface area (Å²) in [6, 6.07) is 8.12. The molecule has 88 valence electrons. The summed E-state index contributed by atoms with van der Waals surface area (Å²) in [5.74, 6) is -0.707. The zero-order valence-corrected chi connectivity index (χ0v) is 9.78. The van der Waals surface area contributed by atoms with Crippen LogP contribution in [0, 0.1) is 0 Å². The molecule has 1 aromatic rings. The molecular weight excluding hydrogens is 228 g/mol. The molecule has 0 saturated carbocycles. The molecule has 1 rings (SSSR count). The Balaban J connectivity index is 3.05. The molecule has 0 bridgehead atoms. The van der Waals surface area contributed by atoms with Crippen molar-refractivity contribution in [2.75, 3.05) is 12.4 Å². The van der Waals surface area contributed by atoms with Crippen molar-refractivity contribution in [3.63, 3.8) is 0 Å². The maximum absolute atomic E-state index is 11.8. The van der Waals surface area contributed by atoms with Gasteiger partial charge in [0.05, 0.1) is 6.61 Å². The average molecular weight is 242 g/mol. The van der Waals surface area contributed by atoms with E-state index in [0.717, 1.165) is 0 Å². The Morgan fingerprint density at radius 1 is 1.31 bits per heavy atom. The summed E-state index contributed by atoms with van der Waals surface area (Å²) in [4.78, 5) is 11.8. The van der Waals surface area contributed by atoms with Crippen LogP contribution in [0.15, 0.2) is 30.3 Å². The van der Waals surface area contributed by atoms with Crippen molar-refractivity contribution in [2.24, 2.45) is 0 Å². The lowest BCUT2D eigenvalue weighted by Crippen LogP contribution is -2.35. The molecule has 0 unspecified atom stereocenters. The minimum absolute atomic E-state index is 0.156. The highest BCUT2D eigenvalue weighted by Crippen LogP contribution is 2.11. The molecule has 0 aliphatic rings. The molecule has 0 spiro atoms. The Kier molecular flexibility index (Phi) is 4.20. The topological polar surface area (TPSA) is 71.4 Å². The number of Topliss-reactive ketones (excluding diaryl/α,β-unsaturated/α-hetero) is 1. The maximum Gasteiger partial charge on any atom is 0.183 e.